The van der Waals surface area contributed by atoms with E-state index in [0.717, 1.165) is 12.2 Å². The average Bonchev–Trinajstić information content (AvgIpc) is 2.28. The fraction of sp³-hybridized carbons (Fsp3) is 0.500. The van der Waals surface area contributed by atoms with Gasteiger partial charge in [0.15, 0.2) is 9.84 Å². The Morgan fingerprint density at radius 1 is 1.28 bits per heavy atom. The van der Waals surface area contributed by atoms with Crippen LogP contribution in [0.5, 0.6) is 0 Å². The molecule has 0 heterocycles. The van der Waals surface area contributed by atoms with E-state index >= 15 is 0 Å². The molecule has 2 N–H and O–H groups in total. The highest BCUT2D eigenvalue weighted by molar-refractivity contribution is 8.00. The van der Waals surface area contributed by atoms with Gasteiger partial charge in [0, 0.05) is 16.8 Å². The zero-order valence-corrected chi connectivity index (χ0v) is 12.7. The fourth-order valence-corrected chi connectivity index (χ4v) is 4.30. The molecule has 102 valence electrons. The highest BCUT2D eigenvalue weighted by atomic mass is 35.5. The fourth-order valence-electron chi connectivity index (χ4n) is 1.30. The van der Waals surface area contributed by atoms with Gasteiger partial charge >= 0.3 is 0 Å². The summed E-state index contributed by atoms with van der Waals surface area (Å²) < 4.78 is 23.9. The van der Waals surface area contributed by atoms with Crippen molar-refractivity contribution in [3.8, 4) is 0 Å². The Labute approximate surface area is 118 Å². The lowest BCUT2D eigenvalue weighted by molar-refractivity contribution is 0.597. The number of thioether (sulfide) groups is 1. The second-order valence-corrected chi connectivity index (χ2v) is 7.92. The molecule has 1 aromatic carbocycles. The first-order valence-electron chi connectivity index (χ1n) is 5.73. The quantitative estimate of drug-likeness (QED) is 0.787. The molecule has 0 bridgehead atoms. The lowest BCUT2D eigenvalue weighted by atomic mass is 10.3. The lowest BCUT2D eigenvalue weighted by Crippen LogP contribution is -2.16. The van der Waals surface area contributed by atoms with Crippen LogP contribution in [-0.4, -0.2) is 31.7 Å². The Bertz CT molecular complexity index is 457. The SMILES string of the molecule is CC(N)CCSCCS(=O)(=O)c1ccc(Cl)cc1. The van der Waals surface area contributed by atoms with E-state index in [1.165, 1.54) is 0 Å². The van der Waals surface area contributed by atoms with Crippen LogP contribution < -0.4 is 5.73 Å². The van der Waals surface area contributed by atoms with E-state index in [9.17, 15) is 8.42 Å². The molecular formula is C12H18ClNO2S2. The number of benzene rings is 1. The molecule has 1 aromatic rings. The molecule has 0 spiro atoms. The van der Waals surface area contributed by atoms with E-state index in [1.807, 2.05) is 6.92 Å². The first-order valence-corrected chi connectivity index (χ1v) is 8.92. The molecule has 0 aromatic heterocycles. The van der Waals surface area contributed by atoms with Crippen LogP contribution in [0.25, 0.3) is 0 Å². The van der Waals surface area contributed by atoms with Crippen LogP contribution in [-0.2, 0) is 9.84 Å². The Morgan fingerprint density at radius 3 is 2.44 bits per heavy atom. The molecule has 0 radical (unpaired) electrons. The third kappa shape index (κ3) is 5.61. The maximum Gasteiger partial charge on any atom is 0.179 e. The first-order chi connectivity index (χ1) is 8.42. The standard InChI is InChI=1S/C12H18ClNO2S2/c1-10(14)6-7-17-8-9-18(15,16)12-4-2-11(13)3-5-12/h2-5,10H,6-9,14H2,1H3. The average molecular weight is 308 g/mol. The van der Waals surface area contributed by atoms with E-state index in [2.05, 4.69) is 0 Å². The van der Waals surface area contributed by atoms with Gasteiger partial charge in [-0.05, 0) is 43.4 Å². The van der Waals surface area contributed by atoms with E-state index in [4.69, 9.17) is 17.3 Å². The summed E-state index contributed by atoms with van der Waals surface area (Å²) >= 11 is 7.35. The molecule has 0 aliphatic carbocycles. The van der Waals surface area contributed by atoms with Crippen LogP contribution in [0.1, 0.15) is 13.3 Å². The van der Waals surface area contributed by atoms with Crippen molar-refractivity contribution >= 4 is 33.2 Å². The lowest BCUT2D eigenvalue weighted by Gasteiger charge is -2.06. The second kappa shape index (κ2) is 7.38. The van der Waals surface area contributed by atoms with E-state index in [-0.39, 0.29) is 11.8 Å². The van der Waals surface area contributed by atoms with Crippen LogP contribution >= 0.6 is 23.4 Å². The van der Waals surface area contributed by atoms with E-state index in [0.29, 0.717) is 15.7 Å². The maximum absolute atomic E-state index is 12.0. The molecule has 6 heteroatoms. The molecule has 1 unspecified atom stereocenters. The summed E-state index contributed by atoms with van der Waals surface area (Å²) in [5.74, 6) is 1.64. The normalized spacial score (nSPS) is 13.5. The second-order valence-electron chi connectivity index (χ2n) is 4.15. The zero-order valence-electron chi connectivity index (χ0n) is 10.3. The highest BCUT2D eigenvalue weighted by Crippen LogP contribution is 2.16. The smallest absolute Gasteiger partial charge is 0.179 e. The summed E-state index contributed by atoms with van der Waals surface area (Å²) in [6, 6.07) is 6.45. The summed E-state index contributed by atoms with van der Waals surface area (Å²) in [5, 5.41) is 0.542. The number of hydrogen-bond acceptors (Lipinski definition) is 4. The summed E-state index contributed by atoms with van der Waals surface area (Å²) in [5.41, 5.74) is 5.62. The van der Waals surface area contributed by atoms with Crippen molar-refractivity contribution in [1.29, 1.82) is 0 Å². The molecule has 3 nitrogen and oxygen atoms in total. The van der Waals surface area contributed by atoms with Crippen LogP contribution in [0.4, 0.5) is 0 Å². The van der Waals surface area contributed by atoms with Crippen LogP contribution in [0.15, 0.2) is 29.2 Å². The number of hydrogen-bond donors (Lipinski definition) is 1. The molecule has 1 rings (SSSR count). The molecule has 0 saturated heterocycles. The van der Waals surface area contributed by atoms with Crippen molar-refractivity contribution in [1.82, 2.24) is 0 Å². The molecule has 0 fully saturated rings. The van der Waals surface area contributed by atoms with Gasteiger partial charge in [0.2, 0.25) is 0 Å². The van der Waals surface area contributed by atoms with Crippen molar-refractivity contribution in [2.45, 2.75) is 24.3 Å². The summed E-state index contributed by atoms with van der Waals surface area (Å²) in [7, 11) is -3.19. The topological polar surface area (TPSA) is 60.2 Å². The van der Waals surface area contributed by atoms with Crippen LogP contribution in [0, 0.1) is 0 Å². The van der Waals surface area contributed by atoms with E-state index < -0.39 is 9.84 Å². The first kappa shape index (κ1) is 15.8. The molecule has 0 amide bonds. The predicted octanol–water partition coefficient (Wildman–Crippen LogP) is 2.58. The summed E-state index contributed by atoms with van der Waals surface area (Å²) in [6.45, 7) is 1.95. The molecule has 18 heavy (non-hydrogen) atoms. The Morgan fingerprint density at radius 2 is 1.89 bits per heavy atom. The van der Waals surface area contributed by atoms with Gasteiger partial charge in [-0.25, -0.2) is 8.42 Å². The predicted molar refractivity (Wildman–Crippen MR) is 79.1 cm³/mol. The molecular weight excluding hydrogens is 290 g/mol. The monoisotopic (exact) mass is 307 g/mol. The van der Waals surface area contributed by atoms with Crippen molar-refractivity contribution in [3.05, 3.63) is 29.3 Å². The maximum atomic E-state index is 12.0. The van der Waals surface area contributed by atoms with Crippen LogP contribution in [0.3, 0.4) is 0 Å². The van der Waals surface area contributed by atoms with Gasteiger partial charge in [-0.2, -0.15) is 11.8 Å². The van der Waals surface area contributed by atoms with Gasteiger partial charge in [0.25, 0.3) is 0 Å². The third-order valence-corrected chi connectivity index (χ3v) is 5.65. The number of halogens is 1. The van der Waals surface area contributed by atoms with Gasteiger partial charge in [-0.3, -0.25) is 0 Å². The third-order valence-electron chi connectivity index (χ3n) is 2.39. The van der Waals surface area contributed by atoms with Crippen molar-refractivity contribution in [2.75, 3.05) is 17.3 Å². The number of nitrogens with two attached hydrogens (primary N) is 1. The van der Waals surface area contributed by atoms with Crippen LogP contribution in [0.2, 0.25) is 5.02 Å². The largest absolute Gasteiger partial charge is 0.328 e. The van der Waals surface area contributed by atoms with Crippen molar-refractivity contribution in [3.63, 3.8) is 0 Å². The minimum atomic E-state index is -3.19. The number of rotatable bonds is 7. The molecule has 1 atom stereocenters. The van der Waals surface area contributed by atoms with Gasteiger partial charge in [-0.15, -0.1) is 0 Å². The summed E-state index contributed by atoms with van der Waals surface area (Å²) in [6.07, 6.45) is 0.908. The molecule has 0 aliphatic heterocycles. The van der Waals surface area contributed by atoms with Crippen molar-refractivity contribution < 1.29 is 8.42 Å². The minimum Gasteiger partial charge on any atom is -0.328 e. The minimum absolute atomic E-state index is 0.151. The zero-order chi connectivity index (χ0) is 13.6. The summed E-state index contributed by atoms with van der Waals surface area (Å²) in [4.78, 5) is 0.333. The molecule has 0 saturated carbocycles. The van der Waals surface area contributed by atoms with Gasteiger partial charge < -0.3 is 5.73 Å². The van der Waals surface area contributed by atoms with Gasteiger partial charge in [0.1, 0.15) is 0 Å². The Kier molecular flexibility index (Phi) is 6.49. The molecule has 0 aliphatic rings. The number of sulfone groups is 1. The van der Waals surface area contributed by atoms with Crippen molar-refractivity contribution in [2.24, 2.45) is 5.73 Å². The highest BCUT2D eigenvalue weighted by Gasteiger charge is 2.13. The Hall–Kier alpha value is -0.230. The van der Waals surface area contributed by atoms with Gasteiger partial charge in [-0.1, -0.05) is 11.6 Å². The Balaban J connectivity index is 2.43. The van der Waals surface area contributed by atoms with Gasteiger partial charge in [0.05, 0.1) is 10.6 Å². The van der Waals surface area contributed by atoms with E-state index in [1.54, 1.807) is 36.0 Å².